The lowest BCUT2D eigenvalue weighted by molar-refractivity contribution is -0.118. The zero-order valence-corrected chi connectivity index (χ0v) is 16.0. The van der Waals surface area contributed by atoms with E-state index < -0.39 is 18.0 Å². The van der Waals surface area contributed by atoms with Crippen LogP contribution in [0, 0.1) is 0 Å². The summed E-state index contributed by atoms with van der Waals surface area (Å²) in [5, 5.41) is 13.5. The maximum atomic E-state index is 12.1. The molecule has 29 heavy (non-hydrogen) atoms. The molecule has 1 atom stereocenters. The van der Waals surface area contributed by atoms with E-state index in [1.54, 1.807) is 6.92 Å². The zero-order chi connectivity index (χ0) is 20.4. The minimum absolute atomic E-state index is 0.149. The van der Waals surface area contributed by atoms with E-state index in [2.05, 4.69) is 20.6 Å². The quantitative estimate of drug-likeness (QED) is 0.683. The lowest BCUT2D eigenvalue weighted by Gasteiger charge is -2.38. The summed E-state index contributed by atoms with van der Waals surface area (Å²) in [6.07, 6.45) is 5.13. The monoisotopic (exact) mass is 398 g/mol. The van der Waals surface area contributed by atoms with Crippen molar-refractivity contribution in [3.63, 3.8) is 0 Å². The smallest absolute Gasteiger partial charge is 0.405 e. The van der Waals surface area contributed by atoms with Gasteiger partial charge in [0.05, 0.1) is 30.3 Å². The van der Waals surface area contributed by atoms with Gasteiger partial charge in [0.2, 0.25) is 5.91 Å². The molecule has 2 heterocycles. The highest BCUT2D eigenvalue weighted by atomic mass is 16.5. The van der Waals surface area contributed by atoms with Gasteiger partial charge in [-0.3, -0.25) is 4.79 Å². The number of nitrogens with zero attached hydrogens (tertiary/aromatic N) is 2. The Morgan fingerprint density at radius 3 is 2.69 bits per heavy atom. The average Bonchev–Trinajstić information content (AvgIpc) is 3.07. The van der Waals surface area contributed by atoms with Crippen LogP contribution in [0.5, 0.6) is 11.8 Å². The number of amides is 2. The highest BCUT2D eigenvalue weighted by molar-refractivity contribution is 5.96. The predicted molar refractivity (Wildman–Crippen MR) is 103 cm³/mol. The highest BCUT2D eigenvalue weighted by Crippen LogP contribution is 2.51. The normalized spacial score (nSPS) is 17.1. The third-order valence-electron chi connectivity index (χ3n) is 5.36. The van der Waals surface area contributed by atoms with Gasteiger partial charge in [0, 0.05) is 0 Å². The van der Waals surface area contributed by atoms with Crippen LogP contribution in [0.3, 0.4) is 0 Å². The van der Waals surface area contributed by atoms with Gasteiger partial charge in [-0.15, -0.1) is 0 Å². The first-order valence-corrected chi connectivity index (χ1v) is 9.57. The summed E-state index contributed by atoms with van der Waals surface area (Å²) >= 11 is 0. The molecule has 152 valence electrons. The third-order valence-corrected chi connectivity index (χ3v) is 5.36. The predicted octanol–water partition coefficient (Wildman–Crippen LogP) is 3.16. The second-order valence-electron chi connectivity index (χ2n) is 7.21. The standard InChI is InChI=1S/C20H22N4O5/c1-2-16(24-19(26)27)17(25)23-13-9-21-18(22-10-13)29-14-5-4-12-11-28-20(6-3-7-20)15(12)8-14/h4-5,8-10,16,24H,2-3,6-7,11H2,1H3,(H,23,25)(H,26,27)/t16-/m1/s1. The lowest BCUT2D eigenvalue weighted by Crippen LogP contribution is -2.42. The Labute approximate surface area is 167 Å². The summed E-state index contributed by atoms with van der Waals surface area (Å²) in [6.45, 7) is 2.35. The van der Waals surface area contributed by atoms with Gasteiger partial charge in [-0.1, -0.05) is 13.0 Å². The van der Waals surface area contributed by atoms with Crippen LogP contribution in [0.4, 0.5) is 10.5 Å². The minimum Gasteiger partial charge on any atom is -0.465 e. The van der Waals surface area contributed by atoms with Crippen LogP contribution < -0.4 is 15.4 Å². The number of fused-ring (bicyclic) bond motifs is 2. The Morgan fingerprint density at radius 1 is 1.31 bits per heavy atom. The molecule has 1 aromatic heterocycles. The fraction of sp³-hybridized carbons (Fsp3) is 0.400. The number of benzene rings is 1. The molecule has 2 aliphatic rings. The first-order chi connectivity index (χ1) is 14.0. The van der Waals surface area contributed by atoms with Gasteiger partial charge in [0.1, 0.15) is 11.8 Å². The van der Waals surface area contributed by atoms with E-state index in [0.29, 0.717) is 24.5 Å². The van der Waals surface area contributed by atoms with E-state index in [-0.39, 0.29) is 11.6 Å². The van der Waals surface area contributed by atoms with Gasteiger partial charge in [-0.2, -0.15) is 0 Å². The van der Waals surface area contributed by atoms with Crippen molar-refractivity contribution < 1.29 is 24.2 Å². The van der Waals surface area contributed by atoms with Crippen molar-refractivity contribution in [1.82, 2.24) is 15.3 Å². The first-order valence-electron chi connectivity index (χ1n) is 9.57. The van der Waals surface area contributed by atoms with E-state index in [0.717, 1.165) is 12.8 Å². The molecule has 1 aliphatic heterocycles. The fourth-order valence-electron chi connectivity index (χ4n) is 3.64. The summed E-state index contributed by atoms with van der Waals surface area (Å²) in [4.78, 5) is 31.1. The zero-order valence-electron chi connectivity index (χ0n) is 16.0. The summed E-state index contributed by atoms with van der Waals surface area (Å²) in [6, 6.07) is 5.16. The van der Waals surface area contributed by atoms with Crippen LogP contribution in [0.1, 0.15) is 43.7 Å². The van der Waals surface area contributed by atoms with Crippen molar-refractivity contribution >= 4 is 17.7 Å². The molecule has 4 rings (SSSR count). The number of ether oxygens (including phenoxy) is 2. The Balaban J connectivity index is 1.41. The van der Waals surface area contributed by atoms with Crippen molar-refractivity contribution in [2.45, 2.75) is 50.9 Å². The van der Waals surface area contributed by atoms with Crippen molar-refractivity contribution in [2.75, 3.05) is 5.32 Å². The SMILES string of the molecule is CC[C@@H](NC(=O)O)C(=O)Nc1cnc(Oc2ccc3c(c2)C2(CCC2)OC3)nc1. The largest absolute Gasteiger partial charge is 0.465 e. The Kier molecular flexibility index (Phi) is 5.06. The van der Waals surface area contributed by atoms with Crippen LogP contribution in [0.15, 0.2) is 30.6 Å². The molecule has 1 saturated carbocycles. The summed E-state index contributed by atoms with van der Waals surface area (Å²) < 4.78 is 11.8. The minimum atomic E-state index is -1.25. The van der Waals surface area contributed by atoms with E-state index in [4.69, 9.17) is 14.6 Å². The highest BCUT2D eigenvalue weighted by Gasteiger charge is 2.45. The molecule has 2 amide bonds. The molecule has 1 aromatic carbocycles. The van der Waals surface area contributed by atoms with Gasteiger partial charge in [-0.25, -0.2) is 14.8 Å². The molecule has 1 spiro atoms. The fourth-order valence-corrected chi connectivity index (χ4v) is 3.64. The number of aromatic nitrogens is 2. The molecular formula is C20H22N4O5. The number of carbonyl (C=O) groups excluding carboxylic acids is 1. The summed E-state index contributed by atoms with van der Waals surface area (Å²) in [5.74, 6) is 0.158. The molecule has 1 fully saturated rings. The Bertz CT molecular complexity index is 927. The van der Waals surface area contributed by atoms with Crippen LogP contribution in [-0.2, 0) is 21.7 Å². The number of hydrogen-bond donors (Lipinski definition) is 3. The van der Waals surface area contributed by atoms with Crippen LogP contribution in [0.2, 0.25) is 0 Å². The molecule has 2 aromatic rings. The maximum Gasteiger partial charge on any atom is 0.405 e. The van der Waals surface area contributed by atoms with Crippen molar-refractivity contribution in [2.24, 2.45) is 0 Å². The first kappa shape index (κ1) is 19.1. The van der Waals surface area contributed by atoms with Gasteiger partial charge in [0.15, 0.2) is 0 Å². The van der Waals surface area contributed by atoms with E-state index in [1.165, 1.54) is 29.9 Å². The lowest BCUT2D eigenvalue weighted by atomic mass is 9.75. The van der Waals surface area contributed by atoms with E-state index >= 15 is 0 Å². The number of nitrogens with one attached hydrogen (secondary N) is 2. The third kappa shape index (κ3) is 3.86. The van der Waals surface area contributed by atoms with Crippen molar-refractivity contribution in [1.29, 1.82) is 0 Å². The Morgan fingerprint density at radius 2 is 2.07 bits per heavy atom. The molecular weight excluding hydrogens is 376 g/mol. The maximum absolute atomic E-state index is 12.1. The van der Waals surface area contributed by atoms with Gasteiger partial charge < -0.3 is 25.2 Å². The summed E-state index contributed by atoms with van der Waals surface area (Å²) in [5.41, 5.74) is 2.57. The molecule has 9 nitrogen and oxygen atoms in total. The molecule has 0 unspecified atom stereocenters. The second kappa shape index (κ2) is 7.67. The Hall–Kier alpha value is -3.20. The number of rotatable bonds is 6. The number of anilines is 1. The average molecular weight is 398 g/mol. The van der Waals surface area contributed by atoms with Gasteiger partial charge in [-0.05, 0) is 48.9 Å². The number of carboxylic acid groups (broad SMARTS) is 1. The summed E-state index contributed by atoms with van der Waals surface area (Å²) in [7, 11) is 0. The molecule has 0 saturated heterocycles. The molecule has 1 aliphatic carbocycles. The molecule has 9 heteroatoms. The molecule has 3 N–H and O–H groups in total. The van der Waals surface area contributed by atoms with Crippen molar-refractivity contribution in [3.05, 3.63) is 41.7 Å². The number of carbonyl (C=O) groups is 2. The van der Waals surface area contributed by atoms with Crippen LogP contribution in [-0.4, -0.2) is 33.1 Å². The van der Waals surface area contributed by atoms with E-state index in [1.807, 2.05) is 18.2 Å². The molecule has 0 radical (unpaired) electrons. The van der Waals surface area contributed by atoms with E-state index in [9.17, 15) is 9.59 Å². The second-order valence-corrected chi connectivity index (χ2v) is 7.21. The van der Waals surface area contributed by atoms with Crippen LogP contribution in [0.25, 0.3) is 0 Å². The van der Waals surface area contributed by atoms with Crippen molar-refractivity contribution in [3.8, 4) is 11.8 Å². The van der Waals surface area contributed by atoms with Gasteiger partial charge >= 0.3 is 12.1 Å². The van der Waals surface area contributed by atoms with Crippen LogP contribution >= 0.6 is 0 Å². The number of hydrogen-bond acceptors (Lipinski definition) is 6. The molecule has 0 bridgehead atoms. The topological polar surface area (TPSA) is 123 Å². The van der Waals surface area contributed by atoms with Gasteiger partial charge in [0.25, 0.3) is 0 Å².